The molecular weight excluding hydrogens is 370 g/mol. The molecule has 0 radical (unpaired) electrons. The number of carboxylic acid groups (broad SMARTS) is 1. The fraction of sp³-hybridized carbons (Fsp3) is 0.105. The lowest BCUT2D eigenvalue weighted by molar-refractivity contribution is -0.137. The number of H-pyrrole nitrogens is 1. The summed E-state index contributed by atoms with van der Waals surface area (Å²) in [5.74, 6) is -1.66. The number of hydrogen-bond donors (Lipinski definition) is 3. The Bertz CT molecular complexity index is 1030. The molecule has 1 heterocycles. The number of aliphatic carboxylic acids is 1. The molecule has 0 saturated carbocycles. The molecule has 3 N–H and O–H groups in total. The van der Waals surface area contributed by atoms with Gasteiger partial charge < -0.3 is 10.4 Å². The molecule has 0 fully saturated rings. The van der Waals surface area contributed by atoms with Crippen LogP contribution >= 0.6 is 11.6 Å². The molecule has 3 aromatic rings. The Kier molecular flexibility index (Phi) is 5.42. The van der Waals surface area contributed by atoms with Gasteiger partial charge in [-0.2, -0.15) is 0 Å². The van der Waals surface area contributed by atoms with Gasteiger partial charge in [0.05, 0.1) is 18.2 Å². The van der Waals surface area contributed by atoms with E-state index in [2.05, 4.69) is 10.4 Å². The van der Waals surface area contributed by atoms with Crippen LogP contribution in [0.15, 0.2) is 65.5 Å². The molecule has 0 aliphatic heterocycles. The van der Waals surface area contributed by atoms with E-state index in [1.165, 1.54) is 4.68 Å². The molecule has 138 valence electrons. The summed E-state index contributed by atoms with van der Waals surface area (Å²) in [6, 6.07) is 15.8. The summed E-state index contributed by atoms with van der Waals surface area (Å²) >= 11 is 5.96. The Hall–Kier alpha value is -3.32. The lowest BCUT2D eigenvalue weighted by Gasteiger charge is -2.17. The molecule has 2 aromatic carbocycles. The lowest BCUT2D eigenvalue weighted by atomic mass is 10.0. The molecule has 0 bridgehead atoms. The maximum absolute atomic E-state index is 12.6. The van der Waals surface area contributed by atoms with Crippen molar-refractivity contribution < 1.29 is 14.7 Å². The van der Waals surface area contributed by atoms with Gasteiger partial charge in [0.25, 0.3) is 11.5 Å². The third kappa shape index (κ3) is 4.45. The summed E-state index contributed by atoms with van der Waals surface area (Å²) in [5.41, 5.74) is 0.770. The number of carbonyl (C=O) groups is 2. The van der Waals surface area contributed by atoms with Crippen molar-refractivity contribution >= 4 is 23.5 Å². The maximum atomic E-state index is 12.6. The van der Waals surface area contributed by atoms with Crippen molar-refractivity contribution in [3.05, 3.63) is 87.3 Å². The van der Waals surface area contributed by atoms with Gasteiger partial charge in [-0.15, -0.1) is 0 Å². The number of aromatic amines is 1. The first-order valence-corrected chi connectivity index (χ1v) is 8.47. The van der Waals surface area contributed by atoms with E-state index >= 15 is 0 Å². The van der Waals surface area contributed by atoms with Gasteiger partial charge in [-0.25, -0.2) is 4.68 Å². The average molecular weight is 386 g/mol. The number of para-hydroxylation sites is 1. The number of nitrogens with one attached hydrogen (secondary N) is 2. The smallest absolute Gasteiger partial charge is 0.305 e. The van der Waals surface area contributed by atoms with E-state index in [4.69, 9.17) is 16.7 Å². The monoisotopic (exact) mass is 385 g/mol. The van der Waals surface area contributed by atoms with Crippen molar-refractivity contribution in [2.75, 3.05) is 0 Å². The van der Waals surface area contributed by atoms with Gasteiger partial charge >= 0.3 is 5.97 Å². The number of nitrogens with zero attached hydrogens (tertiary/aromatic N) is 1. The minimum atomic E-state index is -1.07. The predicted octanol–water partition coefficient (Wildman–Crippen LogP) is 2.76. The van der Waals surface area contributed by atoms with Crippen LogP contribution in [0.2, 0.25) is 5.02 Å². The van der Waals surface area contributed by atoms with Crippen molar-refractivity contribution in [1.82, 2.24) is 15.1 Å². The second-order valence-corrected chi connectivity index (χ2v) is 6.29. The first-order chi connectivity index (χ1) is 12.9. The second kappa shape index (κ2) is 7.92. The van der Waals surface area contributed by atoms with E-state index in [1.54, 1.807) is 48.5 Å². The lowest BCUT2D eigenvalue weighted by Crippen LogP contribution is -2.30. The van der Waals surface area contributed by atoms with Gasteiger partial charge in [0, 0.05) is 11.1 Å². The van der Waals surface area contributed by atoms with Crippen LogP contribution < -0.4 is 10.9 Å². The molecule has 1 amide bonds. The number of benzene rings is 2. The molecule has 1 atom stereocenters. The number of halogens is 1. The zero-order chi connectivity index (χ0) is 19.4. The fourth-order valence-electron chi connectivity index (χ4n) is 2.67. The Morgan fingerprint density at radius 1 is 1.11 bits per heavy atom. The number of carbonyl (C=O) groups excluding carboxylic acids is 1. The summed E-state index contributed by atoms with van der Waals surface area (Å²) in [7, 11) is 0. The van der Waals surface area contributed by atoms with Gasteiger partial charge in [0.2, 0.25) is 0 Å². The normalized spacial score (nSPS) is 11.7. The highest BCUT2D eigenvalue weighted by molar-refractivity contribution is 6.30. The summed E-state index contributed by atoms with van der Waals surface area (Å²) in [6.07, 6.45) is -0.324. The van der Waals surface area contributed by atoms with Gasteiger partial charge in [-0.1, -0.05) is 41.9 Å². The first kappa shape index (κ1) is 18.5. The van der Waals surface area contributed by atoms with Gasteiger partial charge in [0.15, 0.2) is 0 Å². The molecule has 1 aromatic heterocycles. The zero-order valence-corrected chi connectivity index (χ0v) is 14.8. The third-order valence-electron chi connectivity index (χ3n) is 3.91. The van der Waals surface area contributed by atoms with E-state index in [0.717, 1.165) is 6.07 Å². The molecule has 0 saturated heterocycles. The van der Waals surface area contributed by atoms with E-state index in [9.17, 15) is 14.4 Å². The molecular formula is C19H16ClN3O4. The van der Waals surface area contributed by atoms with E-state index < -0.39 is 23.5 Å². The van der Waals surface area contributed by atoms with Crippen LogP contribution in [-0.2, 0) is 4.79 Å². The van der Waals surface area contributed by atoms with Crippen LogP contribution in [-0.4, -0.2) is 26.8 Å². The molecule has 27 heavy (non-hydrogen) atoms. The standard InChI is InChI=1S/C19H16ClN3O4/c20-13-6-4-5-12(9-13)15(11-18(25)26)21-19(27)16-10-17(24)23(22-16)14-7-2-1-3-8-14/h1-10,15,22H,11H2,(H,21,27)(H,25,26). The molecule has 7 nitrogen and oxygen atoms in total. The summed E-state index contributed by atoms with van der Waals surface area (Å²) in [5, 5.41) is 15.0. The van der Waals surface area contributed by atoms with E-state index in [0.29, 0.717) is 16.3 Å². The molecule has 0 aliphatic carbocycles. The van der Waals surface area contributed by atoms with Crippen LogP contribution in [0.3, 0.4) is 0 Å². The average Bonchev–Trinajstić information content (AvgIpc) is 3.03. The van der Waals surface area contributed by atoms with Crippen LogP contribution in [0.5, 0.6) is 0 Å². The molecule has 1 unspecified atom stereocenters. The zero-order valence-electron chi connectivity index (χ0n) is 14.1. The molecule has 8 heteroatoms. The van der Waals surface area contributed by atoms with Crippen LogP contribution in [0.1, 0.15) is 28.5 Å². The highest BCUT2D eigenvalue weighted by Crippen LogP contribution is 2.21. The summed E-state index contributed by atoms with van der Waals surface area (Å²) in [6.45, 7) is 0. The summed E-state index contributed by atoms with van der Waals surface area (Å²) in [4.78, 5) is 35.9. The Labute approximate surface area is 159 Å². The fourth-order valence-corrected chi connectivity index (χ4v) is 2.87. The van der Waals surface area contributed by atoms with Gasteiger partial charge in [-0.05, 0) is 29.8 Å². The highest BCUT2D eigenvalue weighted by Gasteiger charge is 2.21. The largest absolute Gasteiger partial charge is 0.481 e. The van der Waals surface area contributed by atoms with Crippen molar-refractivity contribution in [2.45, 2.75) is 12.5 Å². The molecule has 3 rings (SSSR count). The van der Waals surface area contributed by atoms with Crippen LogP contribution in [0, 0.1) is 0 Å². The van der Waals surface area contributed by atoms with Crippen molar-refractivity contribution in [1.29, 1.82) is 0 Å². The highest BCUT2D eigenvalue weighted by atomic mass is 35.5. The second-order valence-electron chi connectivity index (χ2n) is 5.86. The van der Waals surface area contributed by atoms with Crippen LogP contribution in [0.25, 0.3) is 5.69 Å². The quantitative estimate of drug-likeness (QED) is 0.606. The molecule has 0 spiro atoms. The van der Waals surface area contributed by atoms with E-state index in [-0.39, 0.29) is 12.1 Å². The van der Waals surface area contributed by atoms with Crippen LogP contribution in [0.4, 0.5) is 0 Å². The minimum absolute atomic E-state index is 0.0290. The SMILES string of the molecule is O=C(O)CC(NC(=O)c1cc(=O)n(-c2ccccc2)[nH]1)c1cccc(Cl)c1. The third-order valence-corrected chi connectivity index (χ3v) is 4.15. The minimum Gasteiger partial charge on any atom is -0.481 e. The van der Waals surface area contributed by atoms with Crippen molar-refractivity contribution in [3.63, 3.8) is 0 Å². The Balaban J connectivity index is 1.86. The topological polar surface area (TPSA) is 104 Å². The number of hydrogen-bond acceptors (Lipinski definition) is 3. The van der Waals surface area contributed by atoms with Gasteiger partial charge in [0.1, 0.15) is 5.69 Å². The maximum Gasteiger partial charge on any atom is 0.305 e. The number of rotatable bonds is 6. The molecule has 0 aliphatic rings. The number of aromatic nitrogens is 2. The first-order valence-electron chi connectivity index (χ1n) is 8.09. The number of amides is 1. The van der Waals surface area contributed by atoms with Crippen molar-refractivity contribution in [3.8, 4) is 5.69 Å². The predicted molar refractivity (Wildman–Crippen MR) is 100 cm³/mol. The van der Waals surface area contributed by atoms with Gasteiger partial charge in [-0.3, -0.25) is 19.5 Å². The Morgan fingerprint density at radius 2 is 1.85 bits per heavy atom. The Morgan fingerprint density at radius 3 is 2.52 bits per heavy atom. The van der Waals surface area contributed by atoms with Crippen molar-refractivity contribution in [2.24, 2.45) is 0 Å². The number of carboxylic acids is 1. The summed E-state index contributed by atoms with van der Waals surface area (Å²) < 4.78 is 1.24. The van der Waals surface area contributed by atoms with E-state index in [1.807, 2.05) is 6.07 Å².